The van der Waals surface area contributed by atoms with Gasteiger partial charge in [-0.05, 0) is 51.5 Å². The molecule has 3 rings (SSSR count). The van der Waals surface area contributed by atoms with Gasteiger partial charge >= 0.3 is 0 Å². The number of aromatic nitrogens is 4. The van der Waals surface area contributed by atoms with E-state index in [9.17, 15) is 0 Å². The highest BCUT2D eigenvalue weighted by atomic mass is 15.2. The summed E-state index contributed by atoms with van der Waals surface area (Å²) >= 11 is 0. The Balaban J connectivity index is 1.77. The smallest absolute Gasteiger partial charge is 0.163 e. The van der Waals surface area contributed by atoms with Crippen LogP contribution >= 0.6 is 0 Å². The molecule has 0 aliphatic rings. The van der Waals surface area contributed by atoms with Crippen molar-refractivity contribution in [3.63, 3.8) is 0 Å². The minimum Gasteiger partial charge on any atom is -0.366 e. The molecule has 0 amide bonds. The maximum Gasteiger partial charge on any atom is 0.163 e. The molecular weight excluding hydrogens is 336 g/mol. The van der Waals surface area contributed by atoms with Crippen molar-refractivity contribution in [3.8, 4) is 11.4 Å². The molecule has 0 saturated heterocycles. The lowest BCUT2D eigenvalue weighted by atomic mass is 10.2. The van der Waals surface area contributed by atoms with Gasteiger partial charge in [0, 0.05) is 55.0 Å². The van der Waals surface area contributed by atoms with Gasteiger partial charge in [-0.1, -0.05) is 6.07 Å². The van der Waals surface area contributed by atoms with E-state index >= 15 is 0 Å². The van der Waals surface area contributed by atoms with Gasteiger partial charge in [-0.25, -0.2) is 15.0 Å². The SMILES string of the molecule is CCN(CC)c1ccc(CNc2nc(-c3cccnc3)nc(C)c2C)cn1. The molecular formula is C21H26N6. The van der Waals surface area contributed by atoms with Gasteiger partial charge in [-0.2, -0.15) is 0 Å². The predicted molar refractivity (Wildman–Crippen MR) is 110 cm³/mol. The molecule has 0 aromatic carbocycles. The van der Waals surface area contributed by atoms with Gasteiger partial charge in [0.25, 0.3) is 0 Å². The van der Waals surface area contributed by atoms with Gasteiger partial charge in [-0.3, -0.25) is 4.98 Å². The molecule has 0 fully saturated rings. The molecule has 0 spiro atoms. The van der Waals surface area contributed by atoms with Crippen LogP contribution in [-0.4, -0.2) is 33.0 Å². The second kappa shape index (κ2) is 8.58. The normalized spacial score (nSPS) is 10.7. The van der Waals surface area contributed by atoms with E-state index in [0.29, 0.717) is 12.4 Å². The fraction of sp³-hybridized carbons (Fsp3) is 0.333. The molecule has 3 aromatic rings. The molecule has 6 nitrogen and oxygen atoms in total. The number of pyridine rings is 2. The lowest BCUT2D eigenvalue weighted by Gasteiger charge is -2.19. The second-order valence-electron chi connectivity index (χ2n) is 6.40. The molecule has 0 saturated carbocycles. The Kier molecular flexibility index (Phi) is 5.96. The van der Waals surface area contributed by atoms with E-state index in [4.69, 9.17) is 4.98 Å². The van der Waals surface area contributed by atoms with Crippen LogP contribution in [0.25, 0.3) is 11.4 Å². The van der Waals surface area contributed by atoms with Gasteiger partial charge in [0.2, 0.25) is 0 Å². The Morgan fingerprint density at radius 1 is 1.00 bits per heavy atom. The van der Waals surface area contributed by atoms with Crippen LogP contribution in [0.15, 0.2) is 42.9 Å². The van der Waals surface area contributed by atoms with Crippen LogP contribution in [0.4, 0.5) is 11.6 Å². The van der Waals surface area contributed by atoms with Crippen LogP contribution < -0.4 is 10.2 Å². The van der Waals surface area contributed by atoms with Crippen molar-refractivity contribution in [2.24, 2.45) is 0 Å². The third kappa shape index (κ3) is 4.39. The predicted octanol–water partition coefficient (Wildman–Crippen LogP) is 4.01. The Morgan fingerprint density at radius 2 is 1.81 bits per heavy atom. The van der Waals surface area contributed by atoms with Crippen LogP contribution in [0.5, 0.6) is 0 Å². The summed E-state index contributed by atoms with van der Waals surface area (Å²) in [6.07, 6.45) is 5.45. The summed E-state index contributed by atoms with van der Waals surface area (Å²) in [5.74, 6) is 2.54. The first-order chi connectivity index (χ1) is 13.1. The van der Waals surface area contributed by atoms with E-state index < -0.39 is 0 Å². The molecule has 3 aromatic heterocycles. The highest BCUT2D eigenvalue weighted by molar-refractivity contribution is 5.58. The summed E-state index contributed by atoms with van der Waals surface area (Å²) < 4.78 is 0. The number of hydrogen-bond donors (Lipinski definition) is 1. The van der Waals surface area contributed by atoms with Crippen molar-refractivity contribution in [2.75, 3.05) is 23.3 Å². The van der Waals surface area contributed by atoms with Crippen molar-refractivity contribution in [1.82, 2.24) is 19.9 Å². The van der Waals surface area contributed by atoms with E-state index in [2.05, 4.69) is 51.1 Å². The summed E-state index contributed by atoms with van der Waals surface area (Å²) in [6.45, 7) is 10.9. The van der Waals surface area contributed by atoms with Crippen LogP contribution in [0, 0.1) is 13.8 Å². The molecule has 140 valence electrons. The lowest BCUT2D eigenvalue weighted by Crippen LogP contribution is -2.22. The Hall–Kier alpha value is -3.02. The number of nitrogens with zero attached hydrogens (tertiary/aromatic N) is 5. The first-order valence-corrected chi connectivity index (χ1v) is 9.31. The fourth-order valence-electron chi connectivity index (χ4n) is 2.87. The van der Waals surface area contributed by atoms with Gasteiger partial charge in [0.05, 0.1) is 0 Å². The topological polar surface area (TPSA) is 66.8 Å². The van der Waals surface area contributed by atoms with E-state index in [-0.39, 0.29) is 0 Å². The molecule has 0 bridgehead atoms. The minimum atomic E-state index is 0.662. The Labute approximate surface area is 160 Å². The average molecular weight is 362 g/mol. The first-order valence-electron chi connectivity index (χ1n) is 9.31. The molecule has 3 heterocycles. The van der Waals surface area contributed by atoms with Crippen LogP contribution in [-0.2, 0) is 6.54 Å². The van der Waals surface area contributed by atoms with Crippen molar-refractivity contribution >= 4 is 11.6 Å². The fourth-order valence-corrected chi connectivity index (χ4v) is 2.87. The zero-order valence-corrected chi connectivity index (χ0v) is 16.4. The quantitative estimate of drug-likeness (QED) is 0.685. The molecule has 6 heteroatoms. The summed E-state index contributed by atoms with van der Waals surface area (Å²) in [7, 11) is 0. The highest BCUT2D eigenvalue weighted by Gasteiger charge is 2.10. The third-order valence-electron chi connectivity index (χ3n) is 4.67. The summed E-state index contributed by atoms with van der Waals surface area (Å²) in [6, 6.07) is 8.04. The number of rotatable bonds is 7. The Morgan fingerprint density at radius 3 is 2.44 bits per heavy atom. The lowest BCUT2D eigenvalue weighted by molar-refractivity contribution is 0.844. The standard InChI is InChI=1S/C21H26N6/c1-5-27(6-2)19-10-9-17(12-23-19)13-24-20-15(3)16(4)25-21(26-20)18-8-7-11-22-14-18/h7-12,14H,5-6,13H2,1-4H3,(H,24,25,26). The monoisotopic (exact) mass is 362 g/mol. The largest absolute Gasteiger partial charge is 0.366 e. The molecule has 1 N–H and O–H groups in total. The van der Waals surface area contributed by atoms with Gasteiger partial charge < -0.3 is 10.2 Å². The van der Waals surface area contributed by atoms with Crippen molar-refractivity contribution in [1.29, 1.82) is 0 Å². The van der Waals surface area contributed by atoms with Gasteiger partial charge in [-0.15, -0.1) is 0 Å². The van der Waals surface area contributed by atoms with Crippen molar-refractivity contribution < 1.29 is 0 Å². The zero-order chi connectivity index (χ0) is 19.2. The van der Waals surface area contributed by atoms with Crippen LogP contribution in [0.2, 0.25) is 0 Å². The second-order valence-corrected chi connectivity index (χ2v) is 6.40. The molecule has 27 heavy (non-hydrogen) atoms. The first kappa shape index (κ1) is 18.8. The summed E-state index contributed by atoms with van der Waals surface area (Å²) in [5.41, 5.74) is 4.04. The molecule has 0 atom stereocenters. The number of anilines is 2. The van der Waals surface area contributed by atoms with Crippen molar-refractivity contribution in [3.05, 3.63) is 59.7 Å². The molecule has 0 radical (unpaired) electrons. The molecule has 0 aliphatic heterocycles. The summed E-state index contributed by atoms with van der Waals surface area (Å²) in [5, 5.41) is 3.43. The zero-order valence-electron chi connectivity index (χ0n) is 16.4. The maximum atomic E-state index is 4.70. The molecule has 0 aliphatic carbocycles. The average Bonchev–Trinajstić information content (AvgIpc) is 2.71. The highest BCUT2D eigenvalue weighted by Crippen LogP contribution is 2.21. The Bertz CT molecular complexity index is 873. The maximum absolute atomic E-state index is 4.70. The third-order valence-corrected chi connectivity index (χ3v) is 4.67. The van der Waals surface area contributed by atoms with E-state index in [1.54, 1.807) is 12.4 Å². The van der Waals surface area contributed by atoms with E-state index in [1.165, 1.54) is 0 Å². The van der Waals surface area contributed by atoms with Gasteiger partial charge in [0.1, 0.15) is 11.6 Å². The number of aryl methyl sites for hydroxylation is 1. The number of nitrogens with one attached hydrogen (secondary N) is 1. The summed E-state index contributed by atoms with van der Waals surface area (Å²) in [4.78, 5) is 20.3. The van der Waals surface area contributed by atoms with Crippen LogP contribution in [0.3, 0.4) is 0 Å². The van der Waals surface area contributed by atoms with E-state index in [1.807, 2.05) is 32.2 Å². The minimum absolute atomic E-state index is 0.662. The van der Waals surface area contributed by atoms with Crippen LogP contribution in [0.1, 0.15) is 30.7 Å². The van der Waals surface area contributed by atoms with Gasteiger partial charge in [0.15, 0.2) is 5.82 Å². The number of hydrogen-bond acceptors (Lipinski definition) is 6. The van der Waals surface area contributed by atoms with E-state index in [0.717, 1.165) is 47.1 Å². The van der Waals surface area contributed by atoms with Crippen molar-refractivity contribution in [2.45, 2.75) is 34.2 Å². The molecule has 0 unspecified atom stereocenters.